The zero-order valence-corrected chi connectivity index (χ0v) is 17.2. The fraction of sp³-hybridized carbons (Fsp3) is 0.458. The molecule has 3 saturated carbocycles. The Hall–Kier alpha value is -2.70. The van der Waals surface area contributed by atoms with Gasteiger partial charge in [0.15, 0.2) is 11.6 Å². The Labute approximate surface area is 177 Å². The highest BCUT2D eigenvalue weighted by Crippen LogP contribution is 2.59. The highest BCUT2D eigenvalue weighted by molar-refractivity contribution is 6.17. The van der Waals surface area contributed by atoms with Gasteiger partial charge in [0.05, 0.1) is 5.56 Å². The van der Waals surface area contributed by atoms with Crippen molar-refractivity contribution in [1.29, 1.82) is 0 Å². The highest BCUT2D eigenvalue weighted by Gasteiger charge is 2.61. The van der Waals surface area contributed by atoms with Gasteiger partial charge in [0, 0.05) is 24.1 Å². The van der Waals surface area contributed by atoms with Crippen molar-refractivity contribution in [3.05, 3.63) is 52.7 Å². The van der Waals surface area contributed by atoms with E-state index >= 15 is 0 Å². The van der Waals surface area contributed by atoms with Gasteiger partial charge >= 0.3 is 6.18 Å². The molecule has 1 aromatic carbocycles. The molecule has 0 aliphatic heterocycles. The third kappa shape index (κ3) is 3.17. The lowest BCUT2D eigenvalue weighted by Crippen LogP contribution is -2.24. The van der Waals surface area contributed by atoms with Gasteiger partial charge in [-0.25, -0.2) is 4.98 Å². The molecule has 31 heavy (non-hydrogen) atoms. The van der Waals surface area contributed by atoms with Gasteiger partial charge in [-0.15, -0.1) is 0 Å². The summed E-state index contributed by atoms with van der Waals surface area (Å²) in [4.78, 5) is 30.2. The number of halogens is 3. The molecule has 7 heteroatoms. The van der Waals surface area contributed by atoms with E-state index in [9.17, 15) is 22.8 Å². The van der Waals surface area contributed by atoms with Gasteiger partial charge < -0.3 is 4.74 Å². The molecule has 5 rings (SSSR count). The van der Waals surface area contributed by atoms with Crippen LogP contribution in [0.15, 0.2) is 30.5 Å². The summed E-state index contributed by atoms with van der Waals surface area (Å²) in [7, 11) is 0. The summed E-state index contributed by atoms with van der Waals surface area (Å²) >= 11 is 0. The van der Waals surface area contributed by atoms with E-state index in [0.29, 0.717) is 17.6 Å². The Balaban J connectivity index is 1.41. The number of benzene rings is 1. The lowest BCUT2D eigenvalue weighted by Gasteiger charge is -2.21. The first kappa shape index (κ1) is 20.2. The smallest absolute Gasteiger partial charge is 0.417 e. The van der Waals surface area contributed by atoms with Gasteiger partial charge in [-0.05, 0) is 79.8 Å². The summed E-state index contributed by atoms with van der Waals surface area (Å²) in [6, 6.07) is 5.51. The van der Waals surface area contributed by atoms with Crippen LogP contribution in [0.1, 0.15) is 47.4 Å². The molecule has 0 N–H and O–H groups in total. The number of ether oxygens (including phenoxy) is 1. The molecule has 3 aliphatic rings. The molecule has 3 aliphatic carbocycles. The molecule has 1 unspecified atom stereocenters. The highest BCUT2D eigenvalue weighted by atomic mass is 19.4. The third-order valence-corrected chi connectivity index (χ3v) is 7.28. The van der Waals surface area contributed by atoms with Crippen molar-refractivity contribution in [2.75, 3.05) is 0 Å². The van der Waals surface area contributed by atoms with E-state index in [2.05, 4.69) is 4.98 Å². The van der Waals surface area contributed by atoms with E-state index in [-0.39, 0.29) is 29.3 Å². The number of nitrogens with zero attached hydrogens (tertiary/aromatic N) is 1. The molecular weight excluding hydrogens is 407 g/mol. The Morgan fingerprint density at radius 2 is 1.55 bits per heavy atom. The quantitative estimate of drug-likeness (QED) is 0.613. The summed E-state index contributed by atoms with van der Waals surface area (Å²) in [5.41, 5.74) is 1.43. The number of aryl methyl sites for hydroxylation is 2. The largest absolute Gasteiger partial charge is 0.439 e. The minimum Gasteiger partial charge on any atom is -0.439 e. The second-order valence-electron chi connectivity index (χ2n) is 9.08. The fourth-order valence-corrected chi connectivity index (χ4v) is 6.10. The van der Waals surface area contributed by atoms with Gasteiger partial charge in [-0.2, -0.15) is 13.2 Å². The van der Waals surface area contributed by atoms with Crippen LogP contribution in [0, 0.1) is 37.5 Å². The Bertz CT molecular complexity index is 1030. The third-order valence-electron chi connectivity index (χ3n) is 7.28. The maximum Gasteiger partial charge on any atom is 0.417 e. The fourth-order valence-electron chi connectivity index (χ4n) is 6.10. The van der Waals surface area contributed by atoms with Crippen LogP contribution in [-0.4, -0.2) is 16.6 Å². The minimum absolute atomic E-state index is 0.0404. The number of ketones is 2. The van der Waals surface area contributed by atoms with Crippen LogP contribution in [0.5, 0.6) is 11.6 Å². The molecule has 1 aromatic heterocycles. The number of hydrogen-bond acceptors (Lipinski definition) is 4. The molecule has 162 valence electrons. The van der Waals surface area contributed by atoms with E-state index in [0.717, 1.165) is 48.2 Å². The zero-order chi connectivity index (χ0) is 22.1. The van der Waals surface area contributed by atoms with E-state index < -0.39 is 17.7 Å². The van der Waals surface area contributed by atoms with Crippen LogP contribution in [0.3, 0.4) is 0 Å². The van der Waals surface area contributed by atoms with Crippen molar-refractivity contribution in [2.45, 2.75) is 45.2 Å². The molecule has 4 nitrogen and oxygen atoms in total. The summed E-state index contributed by atoms with van der Waals surface area (Å²) in [5.74, 6) is 0.318. The number of fused-ring (bicyclic) bond motifs is 5. The average Bonchev–Trinajstić information content (AvgIpc) is 3.37. The van der Waals surface area contributed by atoms with Crippen LogP contribution in [-0.2, 0) is 15.8 Å². The molecule has 3 fully saturated rings. The summed E-state index contributed by atoms with van der Waals surface area (Å²) in [6.07, 6.45) is -0.639. The molecule has 0 spiro atoms. The van der Waals surface area contributed by atoms with Crippen molar-refractivity contribution < 1.29 is 27.5 Å². The van der Waals surface area contributed by atoms with Gasteiger partial charge in [-0.1, -0.05) is 0 Å². The molecule has 1 heterocycles. The molecule has 5 atom stereocenters. The van der Waals surface area contributed by atoms with E-state index in [1.807, 2.05) is 13.8 Å². The number of carbonyl (C=O) groups excluding carboxylic acids is 2. The zero-order valence-electron chi connectivity index (χ0n) is 17.2. The number of carbonyl (C=O) groups is 2. The Morgan fingerprint density at radius 3 is 2.03 bits per heavy atom. The van der Waals surface area contributed by atoms with Crippen molar-refractivity contribution in [3.63, 3.8) is 0 Å². The summed E-state index contributed by atoms with van der Waals surface area (Å²) in [5, 5.41) is 0. The van der Waals surface area contributed by atoms with Crippen molar-refractivity contribution in [2.24, 2.45) is 23.7 Å². The summed E-state index contributed by atoms with van der Waals surface area (Å²) in [6.45, 7) is 3.66. The first-order chi connectivity index (χ1) is 14.6. The standard InChI is InChI=1S/C24H22F3NO3/c1-11-7-16(31-17-6-5-15(10-28-17)24(25,26)27)8-12(2)18(11)21-22(29)19-13-3-4-14(9-13)20(19)23(21)30/h5-8,10,13-14,19-21H,3-4,9H2,1-2H3/t13-,14+,19-,20+,21?. The lowest BCUT2D eigenvalue weighted by atomic mass is 9.81. The second-order valence-corrected chi connectivity index (χ2v) is 9.08. The predicted octanol–water partition coefficient (Wildman–Crippen LogP) is 5.41. The normalized spacial score (nSPS) is 29.5. The topological polar surface area (TPSA) is 56.3 Å². The molecular formula is C24H22F3NO3. The van der Waals surface area contributed by atoms with Gasteiger partial charge in [0.2, 0.25) is 5.88 Å². The van der Waals surface area contributed by atoms with Crippen LogP contribution in [0.25, 0.3) is 0 Å². The number of pyridine rings is 1. The minimum atomic E-state index is -4.46. The lowest BCUT2D eigenvalue weighted by molar-refractivity contribution is -0.138. The van der Waals surface area contributed by atoms with Crippen molar-refractivity contribution in [1.82, 2.24) is 4.98 Å². The van der Waals surface area contributed by atoms with Gasteiger partial charge in [-0.3, -0.25) is 9.59 Å². The van der Waals surface area contributed by atoms with Crippen LogP contribution in [0.4, 0.5) is 13.2 Å². The number of Topliss-reactive ketones (excluding diaryl/α,β-unsaturated/α-hetero) is 2. The van der Waals surface area contributed by atoms with Crippen molar-refractivity contribution >= 4 is 11.6 Å². The second kappa shape index (κ2) is 6.90. The van der Waals surface area contributed by atoms with Crippen LogP contribution < -0.4 is 4.74 Å². The summed E-state index contributed by atoms with van der Waals surface area (Å²) < 4.78 is 43.8. The van der Waals surface area contributed by atoms with E-state index in [4.69, 9.17) is 4.74 Å². The first-order valence-electron chi connectivity index (χ1n) is 10.5. The molecule has 0 saturated heterocycles. The maximum atomic E-state index is 13.2. The monoisotopic (exact) mass is 429 g/mol. The molecule has 2 aromatic rings. The molecule has 0 radical (unpaired) electrons. The Kier molecular flexibility index (Phi) is 4.50. The van der Waals surface area contributed by atoms with E-state index in [1.54, 1.807) is 12.1 Å². The SMILES string of the molecule is Cc1cc(Oc2ccc(C(F)(F)F)cn2)cc(C)c1C1C(=O)[C@@H]2[C@@H]3CC[C@@H](C3)[C@@H]2C1=O. The van der Waals surface area contributed by atoms with E-state index in [1.165, 1.54) is 6.07 Å². The average molecular weight is 429 g/mol. The number of aromatic nitrogens is 1. The number of rotatable bonds is 3. The first-order valence-corrected chi connectivity index (χ1v) is 10.5. The number of hydrogen-bond donors (Lipinski definition) is 0. The molecule has 0 amide bonds. The van der Waals surface area contributed by atoms with Crippen molar-refractivity contribution in [3.8, 4) is 11.6 Å². The maximum absolute atomic E-state index is 13.2. The molecule has 2 bridgehead atoms. The number of alkyl halides is 3. The van der Waals surface area contributed by atoms with Gasteiger partial charge in [0.1, 0.15) is 11.7 Å². The predicted molar refractivity (Wildman–Crippen MR) is 106 cm³/mol. The Morgan fingerprint density at radius 1 is 0.968 bits per heavy atom. The van der Waals surface area contributed by atoms with Crippen LogP contribution in [0.2, 0.25) is 0 Å². The van der Waals surface area contributed by atoms with Crippen LogP contribution >= 0.6 is 0 Å². The van der Waals surface area contributed by atoms with Gasteiger partial charge in [0.25, 0.3) is 0 Å².